The minimum absolute atomic E-state index is 0.118. The highest BCUT2D eigenvalue weighted by Gasteiger charge is 2.63. The normalized spacial score (nSPS) is 21.7. The number of hydrogen-bond donors (Lipinski definition) is 1. The Morgan fingerprint density at radius 1 is 1.00 bits per heavy atom. The highest BCUT2D eigenvalue weighted by atomic mass is 35.5. The van der Waals surface area contributed by atoms with Gasteiger partial charge in [0.25, 0.3) is 15.9 Å². The number of aromatic nitrogens is 1. The summed E-state index contributed by atoms with van der Waals surface area (Å²) in [6.45, 7) is 5.01. The number of aliphatic hydroxyl groups excluding tert-OH is 1. The molecule has 4 aromatic rings. The van der Waals surface area contributed by atoms with Crippen molar-refractivity contribution in [1.29, 1.82) is 0 Å². The highest BCUT2D eigenvalue weighted by molar-refractivity contribution is 7.93. The van der Waals surface area contributed by atoms with E-state index < -0.39 is 33.3 Å². The van der Waals surface area contributed by atoms with E-state index in [4.69, 9.17) is 25.5 Å². The summed E-state index contributed by atoms with van der Waals surface area (Å²) in [5, 5.41) is 9.07. The van der Waals surface area contributed by atoms with Crippen LogP contribution in [-0.4, -0.2) is 99.2 Å². The zero-order valence-electron chi connectivity index (χ0n) is 28.3. The van der Waals surface area contributed by atoms with Gasteiger partial charge >= 0.3 is 0 Å². The van der Waals surface area contributed by atoms with Crippen molar-refractivity contribution < 1.29 is 36.6 Å². The second-order valence-corrected chi connectivity index (χ2v) is 15.0. The number of carbonyl (C=O) groups is 1. The molecule has 0 radical (unpaired) electrons. The van der Waals surface area contributed by atoms with E-state index in [1.54, 1.807) is 6.07 Å². The molecule has 0 spiro atoms. The number of rotatable bonds is 11. The number of likely N-dealkylation sites (tertiary alicyclic amines) is 1. The Morgan fingerprint density at radius 3 is 2.41 bits per heavy atom. The first-order chi connectivity index (χ1) is 24.6. The molecule has 1 aromatic heterocycles. The Morgan fingerprint density at radius 2 is 1.75 bits per heavy atom. The van der Waals surface area contributed by atoms with Crippen molar-refractivity contribution in [2.75, 3.05) is 64.4 Å². The van der Waals surface area contributed by atoms with E-state index in [2.05, 4.69) is 14.8 Å². The van der Waals surface area contributed by atoms with Gasteiger partial charge in [0.1, 0.15) is 23.6 Å². The summed E-state index contributed by atoms with van der Waals surface area (Å²) in [6.07, 6.45) is 4.18. The lowest BCUT2D eigenvalue weighted by atomic mass is 9.80. The molecule has 3 aliphatic heterocycles. The number of aliphatic hydroxyl groups is 1. The summed E-state index contributed by atoms with van der Waals surface area (Å²) >= 11 is 6.48. The standard InChI is InChI=1S/C36H39ClFN5O7S/c1-48-25-6-8-26(9-7-25)51(46,47)43-32-22-30(38)29(37)21-28(32)36(35(43)45,42-12-3-4-31(42)34-39-11-19-50-34)27-10-5-24(20-33(27)49-2)23-41-15-13-40(14-16-41)17-18-44/h5-11,19-22,31,44H,3-4,12-18,23H2,1-2H3. The van der Waals surface area contributed by atoms with Crippen LogP contribution in [0.2, 0.25) is 5.02 Å². The van der Waals surface area contributed by atoms with E-state index in [0.29, 0.717) is 59.7 Å². The molecule has 51 heavy (non-hydrogen) atoms. The number of nitrogens with zero attached hydrogens (tertiary/aromatic N) is 5. The number of ether oxygens (including phenoxy) is 2. The lowest BCUT2D eigenvalue weighted by Crippen LogP contribution is -2.54. The molecule has 4 heterocycles. The first-order valence-electron chi connectivity index (χ1n) is 16.8. The van der Waals surface area contributed by atoms with Gasteiger partial charge in [-0.2, -0.15) is 0 Å². The Labute approximate surface area is 301 Å². The van der Waals surface area contributed by atoms with Crippen LogP contribution in [0.1, 0.15) is 41.5 Å². The highest BCUT2D eigenvalue weighted by Crippen LogP contribution is 2.57. The third kappa shape index (κ3) is 6.07. The molecule has 1 N–H and O–H groups in total. The number of piperazine rings is 1. The van der Waals surface area contributed by atoms with Crippen LogP contribution in [0.3, 0.4) is 0 Å². The molecule has 2 fully saturated rings. The molecule has 0 bridgehead atoms. The monoisotopic (exact) mass is 739 g/mol. The van der Waals surface area contributed by atoms with Crippen molar-refractivity contribution in [2.45, 2.75) is 35.9 Å². The Bertz CT molecular complexity index is 2010. The van der Waals surface area contributed by atoms with Crippen molar-refractivity contribution in [3.63, 3.8) is 0 Å². The Balaban J connectivity index is 1.40. The van der Waals surface area contributed by atoms with Gasteiger partial charge in [0.05, 0.1) is 48.7 Å². The number of anilines is 1. The summed E-state index contributed by atoms with van der Waals surface area (Å²) in [5.74, 6) is -0.563. The molecular formula is C36H39ClFN5O7S. The van der Waals surface area contributed by atoms with E-state index >= 15 is 9.18 Å². The fraction of sp³-hybridized carbons (Fsp3) is 0.389. The number of β-amino-alcohol motifs (C(OH)–C–C–N with tert-alkyl or cyclic N) is 1. The summed E-state index contributed by atoms with van der Waals surface area (Å²) in [7, 11) is -1.64. The van der Waals surface area contributed by atoms with Crippen molar-refractivity contribution in [3.05, 3.63) is 100 Å². The maximum Gasteiger partial charge on any atom is 0.271 e. The smallest absolute Gasteiger partial charge is 0.271 e. The van der Waals surface area contributed by atoms with Crippen LogP contribution in [0, 0.1) is 5.82 Å². The molecule has 3 aromatic carbocycles. The van der Waals surface area contributed by atoms with Crippen LogP contribution < -0.4 is 13.8 Å². The molecule has 2 saturated heterocycles. The lowest BCUT2D eigenvalue weighted by Gasteiger charge is -2.41. The zero-order chi connectivity index (χ0) is 35.9. The van der Waals surface area contributed by atoms with Gasteiger partial charge in [0, 0.05) is 63.0 Å². The third-order valence-electron chi connectivity index (χ3n) is 10.1. The minimum atomic E-state index is -4.61. The maximum atomic E-state index is 15.5. The molecule has 15 heteroatoms. The second kappa shape index (κ2) is 14.2. The zero-order valence-corrected chi connectivity index (χ0v) is 29.9. The molecule has 2 unspecified atom stereocenters. The summed E-state index contributed by atoms with van der Waals surface area (Å²) in [6, 6.07) is 13.0. The average Bonchev–Trinajstić information content (AvgIpc) is 3.89. The number of halogens is 2. The topological polar surface area (TPSA) is 129 Å². The predicted molar refractivity (Wildman–Crippen MR) is 187 cm³/mol. The molecule has 7 rings (SSSR count). The summed E-state index contributed by atoms with van der Waals surface area (Å²) in [4.78, 5) is 26.1. The fourth-order valence-electron chi connectivity index (χ4n) is 7.68. The number of hydrogen-bond acceptors (Lipinski definition) is 11. The van der Waals surface area contributed by atoms with Gasteiger partial charge in [0.15, 0.2) is 5.54 Å². The Kier molecular flexibility index (Phi) is 9.82. The Hall–Kier alpha value is -4.05. The van der Waals surface area contributed by atoms with Crippen molar-refractivity contribution in [3.8, 4) is 11.5 Å². The van der Waals surface area contributed by atoms with Crippen LogP contribution in [0.15, 0.2) is 76.4 Å². The third-order valence-corrected chi connectivity index (χ3v) is 12.1. The average molecular weight is 740 g/mol. The van der Waals surface area contributed by atoms with Crippen LogP contribution >= 0.6 is 11.6 Å². The fourth-order valence-corrected chi connectivity index (χ4v) is 9.29. The number of sulfonamides is 1. The number of benzene rings is 3. The molecule has 270 valence electrons. The number of oxazole rings is 1. The van der Waals surface area contributed by atoms with Crippen LogP contribution in [0.25, 0.3) is 0 Å². The molecule has 1 amide bonds. The van der Waals surface area contributed by atoms with E-state index in [9.17, 15) is 13.5 Å². The van der Waals surface area contributed by atoms with E-state index in [1.165, 1.54) is 57.0 Å². The van der Waals surface area contributed by atoms with Gasteiger partial charge in [-0.15, -0.1) is 0 Å². The van der Waals surface area contributed by atoms with E-state index in [0.717, 1.165) is 37.8 Å². The molecular weight excluding hydrogens is 701 g/mol. The minimum Gasteiger partial charge on any atom is -0.497 e. The summed E-state index contributed by atoms with van der Waals surface area (Å²) in [5.41, 5.74) is -0.496. The van der Waals surface area contributed by atoms with Crippen molar-refractivity contribution in [1.82, 2.24) is 19.7 Å². The van der Waals surface area contributed by atoms with Gasteiger partial charge in [-0.1, -0.05) is 23.7 Å². The van der Waals surface area contributed by atoms with Gasteiger partial charge in [-0.05, 0) is 54.8 Å². The van der Waals surface area contributed by atoms with E-state index in [-0.39, 0.29) is 27.8 Å². The molecule has 12 nitrogen and oxygen atoms in total. The number of methoxy groups -OCH3 is 2. The van der Waals surface area contributed by atoms with Crippen molar-refractivity contribution in [2.24, 2.45) is 0 Å². The number of carbonyl (C=O) groups excluding carboxylic acids is 1. The number of amides is 1. The largest absolute Gasteiger partial charge is 0.497 e. The van der Waals surface area contributed by atoms with Crippen LogP contribution in [-0.2, 0) is 26.9 Å². The first kappa shape index (κ1) is 35.4. The van der Waals surface area contributed by atoms with E-state index in [1.807, 2.05) is 17.0 Å². The van der Waals surface area contributed by atoms with Crippen molar-refractivity contribution >= 4 is 33.2 Å². The lowest BCUT2D eigenvalue weighted by molar-refractivity contribution is -0.127. The SMILES string of the molecule is COc1ccc(S(=O)(=O)N2C(=O)C(c3ccc(CN4CCN(CCO)CC4)cc3OC)(N3CCCC3c3ncco3)c3cc(Cl)c(F)cc32)cc1. The first-order valence-corrected chi connectivity index (χ1v) is 18.6. The molecule has 3 aliphatic rings. The van der Waals surface area contributed by atoms with Crippen LogP contribution in [0.4, 0.5) is 10.1 Å². The van der Waals surface area contributed by atoms with Gasteiger partial charge in [0.2, 0.25) is 5.89 Å². The predicted octanol–water partition coefficient (Wildman–Crippen LogP) is 4.41. The maximum absolute atomic E-state index is 15.5. The van der Waals surface area contributed by atoms with Gasteiger partial charge in [-0.25, -0.2) is 22.1 Å². The molecule has 0 aliphatic carbocycles. The quantitative estimate of drug-likeness (QED) is 0.235. The van der Waals surface area contributed by atoms with Crippen LogP contribution in [0.5, 0.6) is 11.5 Å². The number of fused-ring (bicyclic) bond motifs is 1. The van der Waals surface area contributed by atoms with Gasteiger partial charge < -0.3 is 19.0 Å². The second-order valence-electron chi connectivity index (χ2n) is 12.8. The summed E-state index contributed by atoms with van der Waals surface area (Å²) < 4.78 is 62.2. The molecule has 2 atom stereocenters. The van der Waals surface area contributed by atoms with Gasteiger partial charge in [-0.3, -0.25) is 19.5 Å². The molecule has 0 saturated carbocycles.